The standard InChI is InChI=1S/C12H16OS/c1-10-3-2-4-11(7-10)12(5-6-14)8-13-9-12/h2-4,7,14H,5-6,8-9H2,1H3. The summed E-state index contributed by atoms with van der Waals surface area (Å²) in [6.07, 6.45) is 1.11. The van der Waals surface area contributed by atoms with Crippen LogP contribution in [0.5, 0.6) is 0 Å². The van der Waals surface area contributed by atoms with Gasteiger partial charge in [0.15, 0.2) is 0 Å². The van der Waals surface area contributed by atoms with Crippen molar-refractivity contribution in [2.24, 2.45) is 0 Å². The number of benzene rings is 1. The highest BCUT2D eigenvalue weighted by atomic mass is 32.1. The summed E-state index contributed by atoms with van der Waals surface area (Å²) in [6, 6.07) is 8.74. The van der Waals surface area contributed by atoms with Crippen LogP contribution in [-0.4, -0.2) is 19.0 Å². The van der Waals surface area contributed by atoms with E-state index in [1.807, 2.05) is 0 Å². The summed E-state index contributed by atoms with van der Waals surface area (Å²) in [5.74, 6) is 0.928. The molecular formula is C12H16OS. The molecule has 2 rings (SSSR count). The van der Waals surface area contributed by atoms with Crippen molar-refractivity contribution in [1.29, 1.82) is 0 Å². The lowest BCUT2D eigenvalue weighted by molar-refractivity contribution is -0.0613. The first kappa shape index (κ1) is 10.1. The molecule has 1 nitrogen and oxygen atoms in total. The SMILES string of the molecule is Cc1cccc(C2(CCS)COC2)c1. The fraction of sp³-hybridized carbons (Fsp3) is 0.500. The molecule has 0 radical (unpaired) electrons. The molecule has 76 valence electrons. The fourth-order valence-corrected chi connectivity index (χ4v) is 2.42. The molecule has 2 heteroatoms. The second-order valence-corrected chi connectivity index (χ2v) is 4.56. The van der Waals surface area contributed by atoms with Gasteiger partial charge in [0.1, 0.15) is 0 Å². The van der Waals surface area contributed by atoms with Crippen molar-refractivity contribution in [3.8, 4) is 0 Å². The van der Waals surface area contributed by atoms with Gasteiger partial charge in [-0.1, -0.05) is 29.8 Å². The van der Waals surface area contributed by atoms with E-state index in [0.29, 0.717) is 0 Å². The average Bonchev–Trinajstić information content (AvgIpc) is 2.11. The van der Waals surface area contributed by atoms with Crippen molar-refractivity contribution >= 4 is 12.6 Å². The monoisotopic (exact) mass is 208 g/mol. The molecule has 1 aromatic rings. The van der Waals surface area contributed by atoms with E-state index in [1.165, 1.54) is 11.1 Å². The van der Waals surface area contributed by atoms with Crippen LogP contribution < -0.4 is 0 Å². The highest BCUT2D eigenvalue weighted by Crippen LogP contribution is 2.36. The Balaban J connectivity index is 2.27. The van der Waals surface area contributed by atoms with Gasteiger partial charge in [-0.05, 0) is 24.7 Å². The predicted octanol–water partition coefficient (Wildman–Crippen LogP) is 2.58. The summed E-state index contributed by atoms with van der Waals surface area (Å²) in [5, 5.41) is 0. The van der Waals surface area contributed by atoms with Crippen LogP contribution in [0.15, 0.2) is 24.3 Å². The number of aryl methyl sites for hydroxylation is 1. The molecule has 0 aromatic heterocycles. The van der Waals surface area contributed by atoms with Gasteiger partial charge in [0.25, 0.3) is 0 Å². The lowest BCUT2D eigenvalue weighted by atomic mass is 9.76. The van der Waals surface area contributed by atoms with Crippen LogP contribution in [0.3, 0.4) is 0 Å². The van der Waals surface area contributed by atoms with E-state index in [0.717, 1.165) is 25.4 Å². The molecule has 0 N–H and O–H groups in total. The topological polar surface area (TPSA) is 9.23 Å². The molecule has 0 saturated carbocycles. The van der Waals surface area contributed by atoms with E-state index in [9.17, 15) is 0 Å². The number of rotatable bonds is 3. The third kappa shape index (κ3) is 1.69. The van der Waals surface area contributed by atoms with Gasteiger partial charge < -0.3 is 4.74 Å². The number of ether oxygens (including phenoxy) is 1. The van der Waals surface area contributed by atoms with Crippen molar-refractivity contribution in [2.75, 3.05) is 19.0 Å². The Morgan fingerprint density at radius 1 is 1.43 bits per heavy atom. The van der Waals surface area contributed by atoms with Gasteiger partial charge in [0, 0.05) is 5.41 Å². The molecule has 1 aliphatic rings. The van der Waals surface area contributed by atoms with Crippen LogP contribution in [0.1, 0.15) is 17.5 Å². The molecule has 0 bridgehead atoms. The second kappa shape index (κ2) is 3.95. The zero-order valence-corrected chi connectivity index (χ0v) is 9.39. The first-order chi connectivity index (χ1) is 6.77. The highest BCUT2D eigenvalue weighted by molar-refractivity contribution is 7.80. The maximum Gasteiger partial charge on any atom is 0.0585 e. The lowest BCUT2D eigenvalue weighted by Crippen LogP contribution is -2.47. The number of thiol groups is 1. The van der Waals surface area contributed by atoms with E-state index in [4.69, 9.17) is 4.74 Å². The maximum absolute atomic E-state index is 5.35. The van der Waals surface area contributed by atoms with Gasteiger partial charge in [-0.25, -0.2) is 0 Å². The van der Waals surface area contributed by atoms with Gasteiger partial charge in [-0.15, -0.1) is 0 Å². The molecule has 1 saturated heterocycles. The summed E-state index contributed by atoms with van der Waals surface area (Å²) in [6.45, 7) is 3.85. The minimum atomic E-state index is 0.258. The zero-order chi connectivity index (χ0) is 10.0. The van der Waals surface area contributed by atoms with E-state index < -0.39 is 0 Å². The largest absolute Gasteiger partial charge is 0.379 e. The summed E-state index contributed by atoms with van der Waals surface area (Å²) in [5.41, 5.74) is 3.00. The van der Waals surface area contributed by atoms with E-state index in [1.54, 1.807) is 0 Å². The van der Waals surface area contributed by atoms with E-state index in [-0.39, 0.29) is 5.41 Å². The molecule has 0 spiro atoms. The quantitative estimate of drug-likeness (QED) is 0.751. The molecule has 0 unspecified atom stereocenters. The van der Waals surface area contributed by atoms with E-state index >= 15 is 0 Å². The smallest absolute Gasteiger partial charge is 0.0585 e. The van der Waals surface area contributed by atoms with Crippen LogP contribution in [0.2, 0.25) is 0 Å². The molecule has 0 atom stereocenters. The van der Waals surface area contributed by atoms with E-state index in [2.05, 4.69) is 43.8 Å². The zero-order valence-electron chi connectivity index (χ0n) is 8.49. The number of hydrogen-bond acceptors (Lipinski definition) is 2. The Labute approximate surface area is 90.9 Å². The van der Waals surface area contributed by atoms with Crippen LogP contribution in [-0.2, 0) is 10.2 Å². The summed E-state index contributed by atoms with van der Waals surface area (Å²) in [4.78, 5) is 0. The first-order valence-electron chi connectivity index (χ1n) is 5.03. The second-order valence-electron chi connectivity index (χ2n) is 4.12. The third-order valence-corrected chi connectivity index (χ3v) is 3.20. The molecule has 1 aromatic carbocycles. The summed E-state index contributed by atoms with van der Waals surface area (Å²) in [7, 11) is 0. The third-order valence-electron chi connectivity index (χ3n) is 2.98. The Bertz CT molecular complexity index is 318. The average molecular weight is 208 g/mol. The van der Waals surface area contributed by atoms with Crippen LogP contribution in [0, 0.1) is 6.92 Å². The lowest BCUT2D eigenvalue weighted by Gasteiger charge is -2.42. The predicted molar refractivity (Wildman–Crippen MR) is 62.1 cm³/mol. The van der Waals surface area contributed by atoms with Gasteiger partial charge in [0.05, 0.1) is 13.2 Å². The van der Waals surface area contributed by atoms with Gasteiger partial charge >= 0.3 is 0 Å². The van der Waals surface area contributed by atoms with Gasteiger partial charge in [0.2, 0.25) is 0 Å². The molecule has 1 aliphatic heterocycles. The Morgan fingerprint density at radius 2 is 2.21 bits per heavy atom. The molecule has 0 aliphatic carbocycles. The molecule has 0 amide bonds. The van der Waals surface area contributed by atoms with Crippen molar-refractivity contribution in [1.82, 2.24) is 0 Å². The first-order valence-corrected chi connectivity index (χ1v) is 5.66. The molecular weight excluding hydrogens is 192 g/mol. The van der Waals surface area contributed by atoms with Crippen molar-refractivity contribution in [3.05, 3.63) is 35.4 Å². The summed E-state index contributed by atoms with van der Waals surface area (Å²) >= 11 is 4.32. The van der Waals surface area contributed by atoms with Crippen LogP contribution in [0.4, 0.5) is 0 Å². The highest BCUT2D eigenvalue weighted by Gasteiger charge is 2.39. The van der Waals surface area contributed by atoms with Crippen LogP contribution >= 0.6 is 12.6 Å². The Hall–Kier alpha value is -0.470. The Morgan fingerprint density at radius 3 is 2.71 bits per heavy atom. The Kier molecular flexibility index (Phi) is 2.84. The van der Waals surface area contributed by atoms with Crippen LogP contribution in [0.25, 0.3) is 0 Å². The molecule has 14 heavy (non-hydrogen) atoms. The van der Waals surface area contributed by atoms with Crippen molar-refractivity contribution < 1.29 is 4.74 Å². The van der Waals surface area contributed by atoms with Gasteiger partial charge in [-0.2, -0.15) is 12.6 Å². The summed E-state index contributed by atoms with van der Waals surface area (Å²) < 4.78 is 5.35. The number of hydrogen-bond donors (Lipinski definition) is 1. The molecule has 1 heterocycles. The normalized spacial score (nSPS) is 19.0. The minimum Gasteiger partial charge on any atom is -0.379 e. The molecule has 1 fully saturated rings. The maximum atomic E-state index is 5.35. The van der Waals surface area contributed by atoms with Crippen molar-refractivity contribution in [2.45, 2.75) is 18.8 Å². The van der Waals surface area contributed by atoms with Crippen molar-refractivity contribution in [3.63, 3.8) is 0 Å². The van der Waals surface area contributed by atoms with Gasteiger partial charge in [-0.3, -0.25) is 0 Å². The minimum absolute atomic E-state index is 0.258. The fourth-order valence-electron chi connectivity index (χ4n) is 1.99.